The molecule has 3 rings (SSSR count). The summed E-state index contributed by atoms with van der Waals surface area (Å²) in [6.07, 6.45) is 0. The minimum absolute atomic E-state index is 0.0433. The summed E-state index contributed by atoms with van der Waals surface area (Å²) in [4.78, 5) is 70.8. The van der Waals surface area contributed by atoms with E-state index in [0.29, 0.717) is 10.9 Å². The average molecular weight is 481 g/mol. The van der Waals surface area contributed by atoms with Crippen molar-refractivity contribution < 1.29 is 14.4 Å². The second-order valence-corrected chi connectivity index (χ2v) is 10.1. The number of rotatable bonds is 6. The number of fused-ring (bicyclic) bond motifs is 1. The monoisotopic (exact) mass is 480 g/mol. The molecule has 3 heterocycles. The van der Waals surface area contributed by atoms with Gasteiger partial charge in [-0.1, -0.05) is 44.3 Å². The second kappa shape index (κ2) is 9.06. The molecule has 0 unspecified atom stereocenters. The van der Waals surface area contributed by atoms with E-state index in [2.05, 4.69) is 15.3 Å². The number of nitrogens with zero attached hydrogens (tertiary/aromatic N) is 5. The van der Waals surface area contributed by atoms with Crippen LogP contribution in [0.3, 0.4) is 0 Å². The smallest absolute Gasteiger partial charge is 0.332 e. The van der Waals surface area contributed by atoms with Crippen molar-refractivity contribution >= 4 is 51.6 Å². The van der Waals surface area contributed by atoms with Gasteiger partial charge in [0.2, 0.25) is 11.8 Å². The summed E-state index contributed by atoms with van der Waals surface area (Å²) < 4.78 is 2.27. The minimum atomic E-state index is -0.532. The number of nitrogens with one attached hydrogen (secondary N) is 1. The molecule has 1 N–H and O–H groups in total. The molecule has 1 aliphatic rings. The summed E-state index contributed by atoms with van der Waals surface area (Å²) >= 11 is 2.01. The van der Waals surface area contributed by atoms with E-state index in [4.69, 9.17) is 0 Å². The molecule has 13 heteroatoms. The quantitative estimate of drug-likeness (QED) is 0.455. The molecular formula is C19H24N6O5S2. The lowest BCUT2D eigenvalue weighted by molar-refractivity contribution is -0.125. The van der Waals surface area contributed by atoms with E-state index in [0.717, 1.165) is 33.0 Å². The molecule has 2 aromatic heterocycles. The highest BCUT2D eigenvalue weighted by atomic mass is 32.2. The first-order chi connectivity index (χ1) is 14.9. The van der Waals surface area contributed by atoms with Crippen LogP contribution in [-0.2, 0) is 29.1 Å². The highest BCUT2D eigenvalue weighted by molar-refractivity contribution is 8.14. The Hall–Kier alpha value is -2.67. The Labute approximate surface area is 192 Å². The van der Waals surface area contributed by atoms with Crippen LogP contribution < -0.4 is 16.6 Å². The summed E-state index contributed by atoms with van der Waals surface area (Å²) in [6.45, 7) is 5.97. The van der Waals surface area contributed by atoms with Crippen molar-refractivity contribution in [1.29, 1.82) is 0 Å². The summed E-state index contributed by atoms with van der Waals surface area (Å²) in [5.74, 6) is -0.0885. The lowest BCUT2D eigenvalue weighted by Gasteiger charge is -2.19. The summed E-state index contributed by atoms with van der Waals surface area (Å²) in [5, 5.41) is 2.83. The predicted octanol–water partition coefficient (Wildman–Crippen LogP) is 0.228. The Balaban J connectivity index is 1.82. The molecule has 1 saturated heterocycles. The molecule has 1 aliphatic heterocycles. The van der Waals surface area contributed by atoms with Crippen LogP contribution >= 0.6 is 23.5 Å². The van der Waals surface area contributed by atoms with E-state index >= 15 is 0 Å². The van der Waals surface area contributed by atoms with Gasteiger partial charge < -0.3 is 5.32 Å². The Morgan fingerprint density at radius 2 is 1.81 bits per heavy atom. The first-order valence-corrected chi connectivity index (χ1v) is 11.7. The average Bonchev–Trinajstić information content (AvgIpc) is 3.05. The van der Waals surface area contributed by atoms with Gasteiger partial charge in [0.1, 0.15) is 16.2 Å². The van der Waals surface area contributed by atoms with Gasteiger partial charge in [-0.3, -0.25) is 33.2 Å². The molecule has 0 saturated carbocycles. The zero-order chi connectivity index (χ0) is 23.8. The highest BCUT2D eigenvalue weighted by Gasteiger charge is 2.29. The molecule has 0 atom stereocenters. The third kappa shape index (κ3) is 4.72. The minimum Gasteiger partial charge on any atom is -0.354 e. The molecule has 0 aromatic carbocycles. The van der Waals surface area contributed by atoms with Crippen LogP contribution in [0.15, 0.2) is 14.6 Å². The molecule has 11 nitrogen and oxygen atoms in total. The Morgan fingerprint density at radius 1 is 1.12 bits per heavy atom. The fourth-order valence-corrected chi connectivity index (χ4v) is 4.55. The number of carbonyl (C=O) groups is 3. The van der Waals surface area contributed by atoms with Gasteiger partial charge in [0.15, 0.2) is 5.65 Å². The van der Waals surface area contributed by atoms with Crippen LogP contribution in [0.4, 0.5) is 4.79 Å². The molecule has 0 bridgehead atoms. The largest absolute Gasteiger partial charge is 0.354 e. The maximum atomic E-state index is 12.8. The Morgan fingerprint density at radius 3 is 2.41 bits per heavy atom. The van der Waals surface area contributed by atoms with Gasteiger partial charge in [-0.25, -0.2) is 14.8 Å². The van der Waals surface area contributed by atoms with Gasteiger partial charge in [0.25, 0.3) is 10.8 Å². The topological polar surface area (TPSA) is 136 Å². The van der Waals surface area contributed by atoms with Gasteiger partial charge in [-0.05, 0) is 0 Å². The SMILES string of the molecule is Cn1c(=O)c2c(SCC(=O)NCCN3C(=O)CSC3=O)nc(C(C)(C)C)nc2n(C)c1=O. The fourth-order valence-electron chi connectivity index (χ4n) is 2.96. The van der Waals surface area contributed by atoms with Crippen molar-refractivity contribution in [1.82, 2.24) is 29.3 Å². The zero-order valence-electron chi connectivity index (χ0n) is 18.4. The Bertz CT molecular complexity index is 1210. The van der Waals surface area contributed by atoms with Crippen LogP contribution in [0.5, 0.6) is 0 Å². The van der Waals surface area contributed by atoms with Gasteiger partial charge >= 0.3 is 5.69 Å². The molecule has 3 amide bonds. The number of aromatic nitrogens is 4. The summed E-state index contributed by atoms with van der Waals surface area (Å²) in [7, 11) is 2.91. The molecule has 172 valence electrons. The molecule has 2 aromatic rings. The third-order valence-corrected chi connectivity index (χ3v) is 6.61. The van der Waals surface area contributed by atoms with Crippen LogP contribution in [0.1, 0.15) is 26.6 Å². The molecule has 32 heavy (non-hydrogen) atoms. The van der Waals surface area contributed by atoms with E-state index in [1.807, 2.05) is 20.8 Å². The number of carbonyl (C=O) groups excluding carboxylic acids is 3. The zero-order valence-corrected chi connectivity index (χ0v) is 20.1. The number of hydrogen-bond donors (Lipinski definition) is 1. The number of imide groups is 1. The first kappa shape index (κ1) is 24.0. The normalized spacial score (nSPS) is 14.5. The van der Waals surface area contributed by atoms with Crippen LogP contribution in [0.25, 0.3) is 11.0 Å². The number of hydrogen-bond acceptors (Lipinski definition) is 9. The van der Waals surface area contributed by atoms with Crippen LogP contribution in [0.2, 0.25) is 0 Å². The molecule has 0 spiro atoms. The summed E-state index contributed by atoms with van der Waals surface area (Å²) in [6, 6.07) is 0. The molecule has 1 fully saturated rings. The fraction of sp³-hybridized carbons (Fsp3) is 0.526. The van der Waals surface area contributed by atoms with Crippen molar-refractivity contribution in [2.75, 3.05) is 24.6 Å². The van der Waals surface area contributed by atoms with Crippen molar-refractivity contribution in [3.8, 4) is 0 Å². The lowest BCUT2D eigenvalue weighted by Crippen LogP contribution is -2.38. The third-order valence-electron chi connectivity index (χ3n) is 4.78. The molecule has 0 aliphatic carbocycles. The van der Waals surface area contributed by atoms with E-state index in [-0.39, 0.29) is 52.7 Å². The first-order valence-electron chi connectivity index (χ1n) is 9.76. The number of amides is 3. The number of thioether (sulfide) groups is 2. The second-order valence-electron chi connectivity index (χ2n) is 8.25. The van der Waals surface area contributed by atoms with E-state index in [1.165, 1.54) is 18.7 Å². The van der Waals surface area contributed by atoms with Gasteiger partial charge in [0, 0.05) is 32.6 Å². The highest BCUT2D eigenvalue weighted by Crippen LogP contribution is 2.26. The van der Waals surface area contributed by atoms with Crippen LogP contribution in [0, 0.1) is 0 Å². The predicted molar refractivity (Wildman–Crippen MR) is 122 cm³/mol. The van der Waals surface area contributed by atoms with Crippen molar-refractivity contribution in [2.45, 2.75) is 31.2 Å². The van der Waals surface area contributed by atoms with Gasteiger partial charge in [-0.2, -0.15) is 0 Å². The van der Waals surface area contributed by atoms with E-state index < -0.39 is 16.7 Å². The maximum Gasteiger partial charge on any atom is 0.332 e. The Kier molecular flexibility index (Phi) is 6.79. The van der Waals surface area contributed by atoms with Crippen molar-refractivity contribution in [3.63, 3.8) is 0 Å². The summed E-state index contributed by atoms with van der Waals surface area (Å²) in [5.41, 5.74) is -1.27. The van der Waals surface area contributed by atoms with E-state index in [9.17, 15) is 24.0 Å². The van der Waals surface area contributed by atoms with Crippen molar-refractivity contribution in [2.24, 2.45) is 14.1 Å². The van der Waals surface area contributed by atoms with Gasteiger partial charge in [0.05, 0.1) is 11.5 Å². The maximum absolute atomic E-state index is 12.8. The van der Waals surface area contributed by atoms with Crippen LogP contribution in [-0.4, -0.2) is 65.7 Å². The standard InChI is InChI=1S/C19H24N6O5S2/c1-19(2,3)16-21-13-12(15(28)24(5)17(29)23(13)4)14(22-16)31-8-10(26)20-6-7-25-11(27)9-32-18(25)30/h6-9H2,1-5H3,(H,20,26). The molecular weight excluding hydrogens is 456 g/mol. The lowest BCUT2D eigenvalue weighted by atomic mass is 9.96. The van der Waals surface area contributed by atoms with E-state index in [1.54, 1.807) is 0 Å². The number of aryl methyl sites for hydroxylation is 1. The molecule has 0 radical (unpaired) electrons. The van der Waals surface area contributed by atoms with Crippen molar-refractivity contribution in [3.05, 3.63) is 26.7 Å². The van der Waals surface area contributed by atoms with Gasteiger partial charge in [-0.15, -0.1) is 0 Å².